The molecule has 0 saturated heterocycles. The molecule has 0 fully saturated rings. The first kappa shape index (κ1) is 10.1. The lowest BCUT2D eigenvalue weighted by atomic mass is 10.2. The second-order valence-corrected chi connectivity index (χ2v) is 5.79. The van der Waals surface area contributed by atoms with Crippen LogP contribution >= 0.6 is 29.1 Å². The highest BCUT2D eigenvalue weighted by Gasteiger charge is 2.06. The molecular formula is C9H9Cl2P. The molecule has 1 rings (SSSR count). The van der Waals surface area contributed by atoms with Gasteiger partial charge in [0, 0.05) is 5.30 Å². The van der Waals surface area contributed by atoms with E-state index in [1.54, 1.807) is 0 Å². The molecule has 1 aromatic rings. The number of allylic oxidation sites excluding steroid dienone is 1. The molecular weight excluding hydrogens is 210 g/mol. The zero-order chi connectivity index (χ0) is 8.97. The Balaban J connectivity index is 3.08. The van der Waals surface area contributed by atoms with E-state index in [2.05, 4.69) is 0 Å². The van der Waals surface area contributed by atoms with E-state index in [1.165, 1.54) is 0 Å². The fourth-order valence-corrected chi connectivity index (χ4v) is 2.43. The molecule has 0 heterocycles. The van der Waals surface area contributed by atoms with Gasteiger partial charge in [-0.3, -0.25) is 0 Å². The quantitative estimate of drug-likeness (QED) is 0.656. The van der Waals surface area contributed by atoms with Crippen LogP contribution in [0.5, 0.6) is 0 Å². The molecule has 3 heteroatoms. The van der Waals surface area contributed by atoms with Gasteiger partial charge >= 0.3 is 0 Å². The molecule has 0 atom stereocenters. The fraction of sp³-hybridized carbons (Fsp3) is 0.111. The van der Waals surface area contributed by atoms with Gasteiger partial charge in [-0.05, 0) is 12.5 Å². The Kier molecular flexibility index (Phi) is 4.08. The van der Waals surface area contributed by atoms with E-state index >= 15 is 0 Å². The van der Waals surface area contributed by atoms with Gasteiger partial charge in [-0.25, -0.2) is 0 Å². The van der Waals surface area contributed by atoms with Gasteiger partial charge in [0.25, 0.3) is 0 Å². The number of benzene rings is 1. The van der Waals surface area contributed by atoms with Gasteiger partial charge in [-0.1, -0.05) is 58.9 Å². The molecule has 0 nitrogen and oxygen atoms in total. The lowest BCUT2D eigenvalue weighted by Crippen LogP contribution is -1.98. The highest BCUT2D eigenvalue weighted by atomic mass is 35.9. The largest absolute Gasteiger partial charge is 0.117 e. The van der Waals surface area contributed by atoms with Crippen molar-refractivity contribution in [3.63, 3.8) is 0 Å². The summed E-state index contributed by atoms with van der Waals surface area (Å²) in [5, 5.41) is 1.02. The van der Waals surface area contributed by atoms with E-state index in [0.29, 0.717) is 0 Å². The molecule has 0 aliphatic heterocycles. The van der Waals surface area contributed by atoms with Crippen molar-refractivity contribution in [1.82, 2.24) is 0 Å². The van der Waals surface area contributed by atoms with Crippen molar-refractivity contribution in [2.24, 2.45) is 0 Å². The topological polar surface area (TPSA) is 0 Å². The Morgan fingerprint density at radius 1 is 1.25 bits per heavy atom. The summed E-state index contributed by atoms with van der Waals surface area (Å²) in [4.78, 5) is 0. The van der Waals surface area contributed by atoms with Crippen LogP contribution in [-0.4, -0.2) is 0 Å². The van der Waals surface area contributed by atoms with Gasteiger partial charge in [0.05, 0.1) is 0 Å². The van der Waals surface area contributed by atoms with Gasteiger partial charge in [0.2, 0.25) is 0 Å². The molecule has 0 spiro atoms. The Labute approximate surface area is 83.5 Å². The zero-order valence-electron chi connectivity index (χ0n) is 6.67. The lowest BCUT2D eigenvalue weighted by molar-refractivity contribution is 1.70. The third-order valence-electron chi connectivity index (χ3n) is 1.47. The van der Waals surface area contributed by atoms with E-state index in [1.807, 2.05) is 43.3 Å². The Morgan fingerprint density at radius 3 is 2.50 bits per heavy atom. The first-order valence-electron chi connectivity index (χ1n) is 3.59. The highest BCUT2D eigenvalue weighted by molar-refractivity contribution is 8.09. The number of hydrogen-bond acceptors (Lipinski definition) is 0. The number of hydrogen-bond donors (Lipinski definition) is 0. The van der Waals surface area contributed by atoms with Crippen LogP contribution in [0.3, 0.4) is 0 Å². The Morgan fingerprint density at radius 2 is 1.92 bits per heavy atom. The maximum Gasteiger partial charge on any atom is 0.117 e. The van der Waals surface area contributed by atoms with Crippen LogP contribution in [0.1, 0.15) is 12.5 Å². The molecule has 0 bridgehead atoms. The Bertz CT molecular complexity index is 282. The normalized spacial score (nSPS) is 11.3. The minimum absolute atomic E-state index is 1.02. The van der Waals surface area contributed by atoms with E-state index in [4.69, 9.17) is 22.5 Å². The summed E-state index contributed by atoms with van der Waals surface area (Å²) in [6.45, 7) is 0.939. The third kappa shape index (κ3) is 2.48. The second kappa shape index (κ2) is 4.87. The summed E-state index contributed by atoms with van der Waals surface area (Å²) in [7, 11) is 0. The van der Waals surface area contributed by atoms with Crippen molar-refractivity contribution in [1.29, 1.82) is 0 Å². The molecule has 0 saturated carbocycles. The van der Waals surface area contributed by atoms with E-state index in [9.17, 15) is 0 Å². The van der Waals surface area contributed by atoms with Crippen molar-refractivity contribution in [3.8, 4) is 0 Å². The summed E-state index contributed by atoms with van der Waals surface area (Å²) in [5.74, 6) is 0. The fourth-order valence-electron chi connectivity index (χ4n) is 0.962. The number of halogens is 2. The molecule has 0 amide bonds. The zero-order valence-corrected chi connectivity index (χ0v) is 9.07. The summed E-state index contributed by atoms with van der Waals surface area (Å²) in [6, 6.07) is 7.89. The summed E-state index contributed by atoms with van der Waals surface area (Å²) >= 11 is 11.7. The van der Waals surface area contributed by atoms with Crippen molar-refractivity contribution >= 4 is 40.5 Å². The molecule has 0 radical (unpaired) electrons. The SMILES string of the molecule is C/C=C/c1ccccc1P(Cl)Cl. The van der Waals surface area contributed by atoms with Crippen molar-refractivity contribution in [2.45, 2.75) is 6.92 Å². The van der Waals surface area contributed by atoms with Crippen LogP contribution in [0.25, 0.3) is 6.08 Å². The predicted octanol–water partition coefficient (Wildman–Crippen LogP) is 4.13. The monoisotopic (exact) mass is 218 g/mol. The van der Waals surface area contributed by atoms with Crippen LogP contribution < -0.4 is 5.30 Å². The smallest absolute Gasteiger partial charge is 0.0870 e. The van der Waals surface area contributed by atoms with E-state index in [0.717, 1.165) is 10.9 Å². The Hall–Kier alpha value is -0.0300. The summed E-state index contributed by atoms with van der Waals surface area (Å²) in [5.41, 5.74) is 1.11. The van der Waals surface area contributed by atoms with Crippen LogP contribution in [-0.2, 0) is 0 Å². The molecule has 0 N–H and O–H groups in total. The van der Waals surface area contributed by atoms with Gasteiger partial charge in [-0.2, -0.15) is 0 Å². The van der Waals surface area contributed by atoms with Gasteiger partial charge in [0.15, 0.2) is 0 Å². The van der Waals surface area contributed by atoms with Crippen molar-refractivity contribution in [3.05, 3.63) is 35.9 Å². The minimum atomic E-state index is -1.03. The molecule has 0 unspecified atom stereocenters. The van der Waals surface area contributed by atoms with Crippen LogP contribution in [0.2, 0.25) is 0 Å². The van der Waals surface area contributed by atoms with Crippen LogP contribution in [0, 0.1) is 0 Å². The third-order valence-corrected chi connectivity index (χ3v) is 3.33. The van der Waals surface area contributed by atoms with Gasteiger partial charge in [-0.15, -0.1) is 0 Å². The molecule has 0 aliphatic rings. The lowest BCUT2D eigenvalue weighted by Gasteiger charge is -2.04. The minimum Gasteiger partial charge on any atom is -0.0870 e. The molecule has 1 aromatic carbocycles. The predicted molar refractivity (Wildman–Crippen MR) is 59.4 cm³/mol. The number of rotatable bonds is 2. The highest BCUT2D eigenvalue weighted by Crippen LogP contribution is 2.46. The van der Waals surface area contributed by atoms with Crippen LogP contribution in [0.4, 0.5) is 0 Å². The first-order chi connectivity index (χ1) is 5.75. The van der Waals surface area contributed by atoms with Crippen molar-refractivity contribution in [2.75, 3.05) is 0 Å². The van der Waals surface area contributed by atoms with Crippen LogP contribution in [0.15, 0.2) is 30.3 Å². The van der Waals surface area contributed by atoms with Gasteiger partial charge < -0.3 is 0 Å². The second-order valence-electron chi connectivity index (χ2n) is 2.29. The maximum atomic E-state index is 5.84. The van der Waals surface area contributed by atoms with Gasteiger partial charge in [0.1, 0.15) is 6.63 Å². The summed E-state index contributed by atoms with van der Waals surface area (Å²) in [6.07, 6.45) is 3.99. The average Bonchev–Trinajstić information content (AvgIpc) is 2.05. The summed E-state index contributed by atoms with van der Waals surface area (Å²) < 4.78 is 0. The molecule has 64 valence electrons. The standard InChI is InChI=1S/C9H9Cl2P/c1-2-5-8-6-3-4-7-9(8)12(10)11/h2-7H,1H3/b5-2+. The van der Waals surface area contributed by atoms with E-state index < -0.39 is 6.63 Å². The first-order valence-corrected chi connectivity index (χ1v) is 6.74. The average molecular weight is 219 g/mol. The van der Waals surface area contributed by atoms with Crippen molar-refractivity contribution < 1.29 is 0 Å². The maximum absolute atomic E-state index is 5.84. The molecule has 0 aliphatic carbocycles. The van der Waals surface area contributed by atoms with E-state index in [-0.39, 0.29) is 0 Å². The molecule has 0 aromatic heterocycles. The molecule has 12 heavy (non-hydrogen) atoms.